The maximum absolute atomic E-state index is 12.5. The second-order valence-corrected chi connectivity index (χ2v) is 7.76. The Hall–Kier alpha value is -2.32. The first-order chi connectivity index (χ1) is 12.6. The highest BCUT2D eigenvalue weighted by atomic mass is 32.2. The van der Waals surface area contributed by atoms with Crippen molar-refractivity contribution in [2.45, 2.75) is 30.8 Å². The Morgan fingerprint density at radius 3 is 2.69 bits per heavy atom. The molecule has 0 bridgehead atoms. The molecule has 2 aromatic heterocycles. The van der Waals surface area contributed by atoms with Crippen LogP contribution in [0, 0.1) is 0 Å². The number of thiophene rings is 1. The number of anilines is 1. The second-order valence-electron chi connectivity index (χ2n) is 5.51. The minimum atomic E-state index is -0.303. The number of nitrogens with one attached hydrogen (secondary N) is 1. The van der Waals surface area contributed by atoms with Gasteiger partial charge in [-0.2, -0.15) is 0 Å². The summed E-state index contributed by atoms with van der Waals surface area (Å²) in [6.07, 6.45) is 0. The molecule has 0 spiro atoms. The van der Waals surface area contributed by atoms with Crippen LogP contribution < -0.4 is 10.1 Å². The summed E-state index contributed by atoms with van der Waals surface area (Å²) in [5.74, 6) is 1.51. The molecule has 1 aromatic carbocycles. The third-order valence-electron chi connectivity index (χ3n) is 3.78. The summed E-state index contributed by atoms with van der Waals surface area (Å²) in [5, 5.41) is 14.0. The number of carbonyl (C=O) groups is 1. The molecule has 3 aromatic rings. The fraction of sp³-hybridized carbons (Fsp3) is 0.278. The van der Waals surface area contributed by atoms with Crippen molar-refractivity contribution in [2.75, 3.05) is 12.4 Å². The predicted molar refractivity (Wildman–Crippen MR) is 106 cm³/mol. The topological polar surface area (TPSA) is 69.0 Å². The van der Waals surface area contributed by atoms with Crippen LogP contribution in [-0.4, -0.2) is 33.0 Å². The standard InChI is InChI=1S/C18H20N4O2S2/c1-4-22-16(15-6-5-11-25-15)20-21-18(22)26-12(2)17(23)19-13-7-9-14(24-3)10-8-13/h5-12H,4H2,1-3H3,(H,19,23). The number of ether oxygens (including phenoxy) is 1. The van der Waals surface area contributed by atoms with Crippen molar-refractivity contribution in [3.8, 4) is 16.5 Å². The van der Waals surface area contributed by atoms with Crippen LogP contribution in [-0.2, 0) is 11.3 Å². The molecule has 1 N–H and O–H groups in total. The van der Waals surface area contributed by atoms with Gasteiger partial charge in [-0.1, -0.05) is 17.8 Å². The van der Waals surface area contributed by atoms with Crippen molar-refractivity contribution in [1.82, 2.24) is 14.8 Å². The molecule has 8 heteroatoms. The van der Waals surface area contributed by atoms with Gasteiger partial charge in [-0.15, -0.1) is 21.5 Å². The Balaban J connectivity index is 1.69. The van der Waals surface area contributed by atoms with Crippen LogP contribution in [0.25, 0.3) is 10.7 Å². The monoisotopic (exact) mass is 388 g/mol. The van der Waals surface area contributed by atoms with Gasteiger partial charge in [0, 0.05) is 12.2 Å². The molecular formula is C18H20N4O2S2. The first kappa shape index (κ1) is 18.5. The van der Waals surface area contributed by atoms with E-state index in [1.54, 1.807) is 18.4 Å². The Morgan fingerprint density at radius 1 is 1.31 bits per heavy atom. The molecule has 1 amide bonds. The van der Waals surface area contributed by atoms with Crippen LogP contribution in [0.15, 0.2) is 46.9 Å². The van der Waals surface area contributed by atoms with E-state index in [9.17, 15) is 4.79 Å². The lowest BCUT2D eigenvalue weighted by Gasteiger charge is -2.13. The van der Waals surface area contributed by atoms with Gasteiger partial charge in [0.25, 0.3) is 0 Å². The first-order valence-corrected chi connectivity index (χ1v) is 9.97. The number of methoxy groups -OCH3 is 1. The van der Waals surface area contributed by atoms with E-state index in [-0.39, 0.29) is 11.2 Å². The fourth-order valence-electron chi connectivity index (χ4n) is 2.38. The molecule has 26 heavy (non-hydrogen) atoms. The number of aromatic nitrogens is 3. The summed E-state index contributed by atoms with van der Waals surface area (Å²) in [7, 11) is 1.61. The maximum atomic E-state index is 12.5. The molecule has 0 aliphatic heterocycles. The number of nitrogens with zero attached hydrogens (tertiary/aromatic N) is 3. The molecule has 3 rings (SSSR count). The lowest BCUT2D eigenvalue weighted by atomic mass is 10.3. The van der Waals surface area contributed by atoms with Gasteiger partial charge in [0.1, 0.15) is 5.75 Å². The van der Waals surface area contributed by atoms with Gasteiger partial charge in [-0.05, 0) is 49.6 Å². The fourth-order valence-corrected chi connectivity index (χ4v) is 4.01. The van der Waals surface area contributed by atoms with Crippen molar-refractivity contribution >= 4 is 34.7 Å². The van der Waals surface area contributed by atoms with E-state index >= 15 is 0 Å². The zero-order chi connectivity index (χ0) is 18.5. The summed E-state index contributed by atoms with van der Waals surface area (Å²) < 4.78 is 7.16. The third-order valence-corrected chi connectivity index (χ3v) is 5.73. The van der Waals surface area contributed by atoms with Crippen LogP contribution in [0.3, 0.4) is 0 Å². The summed E-state index contributed by atoms with van der Waals surface area (Å²) in [4.78, 5) is 13.6. The Bertz CT molecular complexity index is 860. The molecule has 0 fully saturated rings. The average molecular weight is 389 g/mol. The molecule has 6 nitrogen and oxygen atoms in total. The number of thioether (sulfide) groups is 1. The normalized spacial score (nSPS) is 12.0. The van der Waals surface area contributed by atoms with E-state index in [1.807, 2.05) is 60.2 Å². The number of hydrogen-bond acceptors (Lipinski definition) is 6. The number of amides is 1. The summed E-state index contributed by atoms with van der Waals surface area (Å²) in [5.41, 5.74) is 0.736. The number of hydrogen-bond donors (Lipinski definition) is 1. The zero-order valence-electron chi connectivity index (χ0n) is 14.8. The van der Waals surface area contributed by atoms with E-state index < -0.39 is 0 Å². The van der Waals surface area contributed by atoms with Crippen LogP contribution >= 0.6 is 23.1 Å². The number of benzene rings is 1. The zero-order valence-corrected chi connectivity index (χ0v) is 16.4. The highest BCUT2D eigenvalue weighted by molar-refractivity contribution is 8.00. The van der Waals surface area contributed by atoms with Crippen molar-refractivity contribution < 1.29 is 9.53 Å². The van der Waals surface area contributed by atoms with Gasteiger partial charge < -0.3 is 14.6 Å². The van der Waals surface area contributed by atoms with Gasteiger partial charge in [-0.3, -0.25) is 4.79 Å². The second kappa shape index (κ2) is 8.37. The lowest BCUT2D eigenvalue weighted by molar-refractivity contribution is -0.115. The summed E-state index contributed by atoms with van der Waals surface area (Å²) >= 11 is 3.03. The number of rotatable bonds is 7. The molecule has 0 aliphatic carbocycles. The van der Waals surface area contributed by atoms with Crippen LogP contribution in [0.4, 0.5) is 5.69 Å². The van der Waals surface area contributed by atoms with Crippen molar-refractivity contribution in [1.29, 1.82) is 0 Å². The van der Waals surface area contributed by atoms with Gasteiger partial charge in [-0.25, -0.2) is 0 Å². The predicted octanol–water partition coefficient (Wildman–Crippen LogP) is 4.15. The molecule has 0 saturated carbocycles. The summed E-state index contributed by atoms with van der Waals surface area (Å²) in [6.45, 7) is 4.66. The smallest absolute Gasteiger partial charge is 0.237 e. The first-order valence-electron chi connectivity index (χ1n) is 8.21. The third kappa shape index (κ3) is 4.08. The highest BCUT2D eigenvalue weighted by Gasteiger charge is 2.20. The minimum Gasteiger partial charge on any atom is -0.497 e. The quantitative estimate of drug-likeness (QED) is 0.616. The van der Waals surface area contributed by atoms with E-state index in [0.29, 0.717) is 0 Å². The molecule has 0 aliphatic rings. The molecule has 136 valence electrons. The van der Waals surface area contributed by atoms with Crippen LogP contribution in [0.5, 0.6) is 5.75 Å². The van der Waals surface area contributed by atoms with Gasteiger partial charge in [0.15, 0.2) is 11.0 Å². The molecule has 1 atom stereocenters. The largest absolute Gasteiger partial charge is 0.497 e. The molecule has 0 saturated heterocycles. The van der Waals surface area contributed by atoms with Crippen molar-refractivity contribution in [3.05, 3.63) is 41.8 Å². The summed E-state index contributed by atoms with van der Waals surface area (Å²) in [6, 6.07) is 11.3. The average Bonchev–Trinajstić information content (AvgIpc) is 3.31. The van der Waals surface area contributed by atoms with E-state index in [1.165, 1.54) is 11.8 Å². The maximum Gasteiger partial charge on any atom is 0.237 e. The van der Waals surface area contributed by atoms with E-state index in [4.69, 9.17) is 4.74 Å². The minimum absolute atomic E-state index is 0.0801. The molecule has 0 radical (unpaired) electrons. The van der Waals surface area contributed by atoms with Crippen LogP contribution in [0.2, 0.25) is 0 Å². The van der Waals surface area contributed by atoms with Crippen molar-refractivity contribution in [3.63, 3.8) is 0 Å². The van der Waals surface area contributed by atoms with E-state index in [2.05, 4.69) is 15.5 Å². The Morgan fingerprint density at radius 2 is 2.08 bits per heavy atom. The van der Waals surface area contributed by atoms with E-state index in [0.717, 1.165) is 33.8 Å². The SMILES string of the molecule is CCn1c(SC(C)C(=O)Nc2ccc(OC)cc2)nnc1-c1cccs1. The highest BCUT2D eigenvalue weighted by Crippen LogP contribution is 2.29. The molecule has 2 heterocycles. The number of carbonyl (C=O) groups excluding carboxylic acids is 1. The Kier molecular flexibility index (Phi) is 5.95. The van der Waals surface area contributed by atoms with Gasteiger partial charge in [0.2, 0.25) is 5.91 Å². The molecular weight excluding hydrogens is 368 g/mol. The van der Waals surface area contributed by atoms with Gasteiger partial charge in [0.05, 0.1) is 17.2 Å². The van der Waals surface area contributed by atoms with Gasteiger partial charge >= 0.3 is 0 Å². The van der Waals surface area contributed by atoms with Crippen molar-refractivity contribution in [2.24, 2.45) is 0 Å². The Labute approximate surface area is 160 Å². The lowest BCUT2D eigenvalue weighted by Crippen LogP contribution is -2.22. The van der Waals surface area contributed by atoms with Crippen LogP contribution in [0.1, 0.15) is 13.8 Å². The molecule has 1 unspecified atom stereocenters.